The Bertz CT molecular complexity index is 958. The van der Waals surface area contributed by atoms with Gasteiger partial charge in [0, 0.05) is 18.8 Å². The van der Waals surface area contributed by atoms with Crippen LogP contribution in [0, 0.1) is 5.92 Å². The number of benzene rings is 2. The van der Waals surface area contributed by atoms with Crippen LogP contribution in [-0.2, 0) is 14.8 Å². The van der Waals surface area contributed by atoms with E-state index in [0.717, 1.165) is 5.56 Å². The molecule has 1 saturated heterocycles. The van der Waals surface area contributed by atoms with Crippen molar-refractivity contribution in [1.82, 2.24) is 4.31 Å². The van der Waals surface area contributed by atoms with Crippen molar-refractivity contribution in [2.45, 2.75) is 37.5 Å². The zero-order valence-corrected chi connectivity index (χ0v) is 17.9. The largest absolute Gasteiger partial charge is 0.495 e. The van der Waals surface area contributed by atoms with Crippen LogP contribution >= 0.6 is 0 Å². The van der Waals surface area contributed by atoms with Gasteiger partial charge >= 0.3 is 0 Å². The fourth-order valence-corrected chi connectivity index (χ4v) is 5.25. The first-order valence-electron chi connectivity index (χ1n) is 9.87. The van der Waals surface area contributed by atoms with Gasteiger partial charge in [-0.05, 0) is 48.6 Å². The summed E-state index contributed by atoms with van der Waals surface area (Å²) in [5.74, 6) is -0.0251. The molecule has 7 heteroatoms. The number of carbonyl (C=O) groups excluding carboxylic acids is 1. The number of sulfonamides is 1. The van der Waals surface area contributed by atoms with E-state index < -0.39 is 15.9 Å². The molecule has 0 aromatic heterocycles. The number of carbonyl (C=O) groups is 1. The summed E-state index contributed by atoms with van der Waals surface area (Å²) >= 11 is 0. The van der Waals surface area contributed by atoms with Crippen LogP contribution in [0.15, 0.2) is 53.4 Å². The van der Waals surface area contributed by atoms with Crippen LogP contribution in [0.4, 0.5) is 5.69 Å². The summed E-state index contributed by atoms with van der Waals surface area (Å²) in [7, 11) is -2.30. The van der Waals surface area contributed by atoms with Gasteiger partial charge in [-0.2, -0.15) is 4.31 Å². The normalized spacial score (nSPS) is 17.9. The molecule has 2 aromatic rings. The highest BCUT2D eigenvalue weighted by Crippen LogP contribution is 2.32. The van der Waals surface area contributed by atoms with Crippen molar-refractivity contribution in [1.29, 1.82) is 0 Å². The Hall–Kier alpha value is -2.38. The minimum Gasteiger partial charge on any atom is -0.495 e. The summed E-state index contributed by atoms with van der Waals surface area (Å²) in [4.78, 5) is 12.8. The van der Waals surface area contributed by atoms with Gasteiger partial charge in [-0.15, -0.1) is 0 Å². The molecule has 1 heterocycles. The van der Waals surface area contributed by atoms with E-state index in [9.17, 15) is 13.2 Å². The monoisotopic (exact) mass is 416 g/mol. The molecule has 1 aliphatic rings. The van der Waals surface area contributed by atoms with Gasteiger partial charge in [0.15, 0.2) is 0 Å². The average molecular weight is 417 g/mol. The van der Waals surface area contributed by atoms with Crippen LogP contribution in [0.1, 0.15) is 38.2 Å². The van der Waals surface area contributed by atoms with Crippen molar-refractivity contribution in [2.75, 3.05) is 25.5 Å². The van der Waals surface area contributed by atoms with Gasteiger partial charge in [0.1, 0.15) is 10.6 Å². The highest BCUT2D eigenvalue weighted by molar-refractivity contribution is 7.89. The Morgan fingerprint density at radius 3 is 2.55 bits per heavy atom. The second-order valence-corrected chi connectivity index (χ2v) is 9.53. The minimum absolute atomic E-state index is 0.154. The summed E-state index contributed by atoms with van der Waals surface area (Å²) in [6.45, 7) is 4.59. The number of ether oxygens (including phenoxy) is 1. The molecule has 0 saturated carbocycles. The third-order valence-corrected chi connectivity index (χ3v) is 7.15. The maximum absolute atomic E-state index is 13.4. The number of hydrogen-bond donors (Lipinski definition) is 1. The van der Waals surface area contributed by atoms with Gasteiger partial charge in [0.25, 0.3) is 0 Å². The van der Waals surface area contributed by atoms with Gasteiger partial charge < -0.3 is 10.1 Å². The maximum Gasteiger partial charge on any atom is 0.246 e. The molecule has 1 aliphatic heterocycles. The topological polar surface area (TPSA) is 75.7 Å². The van der Waals surface area contributed by atoms with Crippen molar-refractivity contribution in [3.8, 4) is 5.75 Å². The van der Waals surface area contributed by atoms with E-state index in [4.69, 9.17) is 4.74 Å². The molecule has 0 unspecified atom stereocenters. The Labute approximate surface area is 172 Å². The predicted octanol–water partition coefficient (Wildman–Crippen LogP) is 3.86. The van der Waals surface area contributed by atoms with E-state index in [1.165, 1.54) is 11.4 Å². The molecule has 29 heavy (non-hydrogen) atoms. The smallest absolute Gasteiger partial charge is 0.246 e. The van der Waals surface area contributed by atoms with E-state index in [2.05, 4.69) is 5.32 Å². The van der Waals surface area contributed by atoms with Gasteiger partial charge in [-0.1, -0.05) is 38.1 Å². The molecule has 6 nitrogen and oxygen atoms in total. The Balaban J connectivity index is 1.82. The number of nitrogens with one attached hydrogen (secondary N) is 1. The number of rotatable bonds is 6. The molecular weight excluding hydrogens is 388 g/mol. The summed E-state index contributed by atoms with van der Waals surface area (Å²) in [5, 5.41) is 2.88. The second kappa shape index (κ2) is 8.97. The minimum atomic E-state index is -3.77. The standard InChI is InChI=1S/C22H28N2O4S/c1-16(2)17-11-12-20(28-3)21(14-17)29(26,27)24-13-7-8-18(15-24)22(25)23-19-9-5-4-6-10-19/h4-6,9-12,14,16,18H,7-8,13,15H2,1-3H3,(H,23,25)/t18-/m1/s1. The lowest BCUT2D eigenvalue weighted by atomic mass is 9.99. The van der Waals surface area contributed by atoms with E-state index in [1.54, 1.807) is 12.1 Å². The Morgan fingerprint density at radius 1 is 1.17 bits per heavy atom. The van der Waals surface area contributed by atoms with Crippen LogP contribution in [-0.4, -0.2) is 38.8 Å². The number of amides is 1. The molecule has 2 aromatic carbocycles. The Kier molecular flexibility index (Phi) is 6.59. The van der Waals surface area contributed by atoms with Crippen molar-refractivity contribution >= 4 is 21.6 Å². The predicted molar refractivity (Wildman–Crippen MR) is 114 cm³/mol. The first kappa shape index (κ1) is 21.3. The third kappa shape index (κ3) is 4.79. The lowest BCUT2D eigenvalue weighted by molar-refractivity contribution is -0.120. The molecule has 0 radical (unpaired) electrons. The molecule has 1 fully saturated rings. The molecule has 0 spiro atoms. The summed E-state index contributed by atoms with van der Waals surface area (Å²) in [6.07, 6.45) is 1.30. The van der Waals surface area contributed by atoms with Crippen LogP contribution in [0.25, 0.3) is 0 Å². The van der Waals surface area contributed by atoms with E-state index in [-0.39, 0.29) is 23.3 Å². The molecule has 1 N–H and O–H groups in total. The van der Waals surface area contributed by atoms with Gasteiger partial charge in [-0.25, -0.2) is 8.42 Å². The van der Waals surface area contributed by atoms with E-state index in [1.807, 2.05) is 50.2 Å². The lowest BCUT2D eigenvalue weighted by Gasteiger charge is -2.31. The summed E-state index contributed by atoms with van der Waals surface area (Å²) < 4.78 is 33.5. The van der Waals surface area contributed by atoms with Crippen molar-refractivity contribution in [3.63, 3.8) is 0 Å². The van der Waals surface area contributed by atoms with Crippen LogP contribution in [0.5, 0.6) is 5.75 Å². The molecule has 156 valence electrons. The van der Waals surface area contributed by atoms with Crippen molar-refractivity contribution < 1.29 is 17.9 Å². The van der Waals surface area contributed by atoms with Crippen LogP contribution < -0.4 is 10.1 Å². The first-order chi connectivity index (χ1) is 13.8. The third-order valence-electron chi connectivity index (χ3n) is 5.27. The highest BCUT2D eigenvalue weighted by Gasteiger charge is 2.35. The number of anilines is 1. The zero-order valence-electron chi connectivity index (χ0n) is 17.1. The quantitative estimate of drug-likeness (QED) is 0.776. The molecule has 0 bridgehead atoms. The highest BCUT2D eigenvalue weighted by atomic mass is 32.2. The maximum atomic E-state index is 13.4. The fraction of sp³-hybridized carbons (Fsp3) is 0.409. The number of methoxy groups -OCH3 is 1. The molecule has 1 amide bonds. The van der Waals surface area contributed by atoms with Crippen molar-refractivity contribution in [3.05, 3.63) is 54.1 Å². The Morgan fingerprint density at radius 2 is 1.90 bits per heavy atom. The zero-order chi connectivity index (χ0) is 21.0. The van der Waals surface area contributed by atoms with E-state index >= 15 is 0 Å². The molecule has 1 atom stereocenters. The fourth-order valence-electron chi connectivity index (χ4n) is 3.53. The number of para-hydroxylation sites is 1. The molecule has 0 aliphatic carbocycles. The summed E-state index contributed by atoms with van der Waals surface area (Å²) in [6, 6.07) is 14.5. The van der Waals surface area contributed by atoms with Crippen molar-refractivity contribution in [2.24, 2.45) is 5.92 Å². The van der Waals surface area contributed by atoms with Gasteiger partial charge in [-0.3, -0.25) is 4.79 Å². The molecular formula is C22H28N2O4S. The number of hydrogen-bond acceptors (Lipinski definition) is 4. The van der Waals surface area contributed by atoms with Crippen LogP contribution in [0.2, 0.25) is 0 Å². The number of piperidine rings is 1. The average Bonchev–Trinajstić information content (AvgIpc) is 2.74. The van der Waals surface area contributed by atoms with E-state index in [0.29, 0.717) is 30.8 Å². The SMILES string of the molecule is COc1ccc(C(C)C)cc1S(=O)(=O)N1CCC[C@@H](C(=O)Nc2ccccc2)C1. The number of nitrogens with zero attached hydrogens (tertiary/aromatic N) is 1. The first-order valence-corrected chi connectivity index (χ1v) is 11.3. The van der Waals surface area contributed by atoms with Gasteiger partial charge in [0.2, 0.25) is 15.9 Å². The van der Waals surface area contributed by atoms with Gasteiger partial charge in [0.05, 0.1) is 13.0 Å². The lowest BCUT2D eigenvalue weighted by Crippen LogP contribution is -2.43. The molecule has 3 rings (SSSR count). The summed E-state index contributed by atoms with van der Waals surface area (Å²) in [5.41, 5.74) is 1.64. The second-order valence-electron chi connectivity index (χ2n) is 7.62. The van der Waals surface area contributed by atoms with Crippen LogP contribution in [0.3, 0.4) is 0 Å².